The van der Waals surface area contributed by atoms with Gasteiger partial charge >= 0.3 is 0 Å². The predicted molar refractivity (Wildman–Crippen MR) is 136 cm³/mol. The van der Waals surface area contributed by atoms with E-state index in [0.29, 0.717) is 52.4 Å². The Morgan fingerprint density at radius 2 is 1.86 bits per heavy atom. The second kappa shape index (κ2) is 12.9. The van der Waals surface area contributed by atoms with E-state index in [1.165, 1.54) is 13.3 Å². The Labute approximate surface area is 209 Å². The third kappa shape index (κ3) is 7.16. The molecule has 180 valence electrons. The molecule has 1 N–H and O–H groups in total. The Bertz CT molecular complexity index is 1220. The van der Waals surface area contributed by atoms with Crippen molar-refractivity contribution >= 4 is 23.7 Å². The molecule has 35 heavy (non-hydrogen) atoms. The SMILES string of the molecule is C#CCOc1c(Cl)cc(/C=N/NC(=O)c2ccc(OCc3ccccc3)c(OC)c2)cc1OCC. The van der Waals surface area contributed by atoms with Crippen molar-refractivity contribution in [3.63, 3.8) is 0 Å². The van der Waals surface area contributed by atoms with Crippen LogP contribution in [0.25, 0.3) is 0 Å². The van der Waals surface area contributed by atoms with Gasteiger partial charge < -0.3 is 18.9 Å². The normalized spacial score (nSPS) is 10.5. The number of carbonyl (C=O) groups excluding carboxylic acids is 1. The standard InChI is InChI=1S/C27H25ClN2O5/c1-4-13-34-26-22(28)14-20(15-25(26)33-5-2)17-29-30-27(31)21-11-12-23(24(16-21)32-3)35-18-19-9-7-6-8-10-19/h1,6-12,14-17H,5,13,18H2,2-3H3,(H,30,31)/b29-17+. The highest BCUT2D eigenvalue weighted by molar-refractivity contribution is 6.32. The van der Waals surface area contributed by atoms with Crippen LogP contribution < -0.4 is 24.4 Å². The Kier molecular flexibility index (Phi) is 9.40. The Morgan fingerprint density at radius 3 is 2.57 bits per heavy atom. The molecule has 0 unspecified atom stereocenters. The van der Waals surface area contributed by atoms with Crippen LogP contribution in [0.4, 0.5) is 0 Å². The highest BCUT2D eigenvalue weighted by Gasteiger charge is 2.13. The highest BCUT2D eigenvalue weighted by atomic mass is 35.5. The van der Waals surface area contributed by atoms with Gasteiger partial charge in [0.05, 0.1) is 25.0 Å². The summed E-state index contributed by atoms with van der Waals surface area (Å²) in [6, 6.07) is 18.0. The van der Waals surface area contributed by atoms with Crippen LogP contribution in [0, 0.1) is 12.3 Å². The second-order valence-corrected chi connectivity index (χ2v) is 7.50. The third-order valence-electron chi connectivity index (χ3n) is 4.67. The molecule has 7 nitrogen and oxygen atoms in total. The van der Waals surface area contributed by atoms with E-state index in [4.69, 9.17) is 37.0 Å². The fourth-order valence-corrected chi connectivity index (χ4v) is 3.35. The van der Waals surface area contributed by atoms with Crippen molar-refractivity contribution in [1.82, 2.24) is 5.43 Å². The van der Waals surface area contributed by atoms with E-state index in [1.807, 2.05) is 37.3 Å². The average molecular weight is 493 g/mol. The Morgan fingerprint density at radius 1 is 1.06 bits per heavy atom. The van der Waals surface area contributed by atoms with E-state index in [9.17, 15) is 4.79 Å². The molecule has 0 atom stereocenters. The topological polar surface area (TPSA) is 78.4 Å². The van der Waals surface area contributed by atoms with E-state index in [-0.39, 0.29) is 6.61 Å². The van der Waals surface area contributed by atoms with Crippen LogP contribution in [0.1, 0.15) is 28.4 Å². The van der Waals surface area contributed by atoms with Gasteiger partial charge in [-0.05, 0) is 48.4 Å². The van der Waals surface area contributed by atoms with E-state index in [1.54, 1.807) is 30.3 Å². The van der Waals surface area contributed by atoms with Crippen LogP contribution in [0.2, 0.25) is 5.02 Å². The molecule has 0 spiro atoms. The minimum atomic E-state index is -0.417. The number of hydrogen-bond donors (Lipinski definition) is 1. The Hall–Kier alpha value is -4.15. The lowest BCUT2D eigenvalue weighted by atomic mass is 10.2. The molecule has 0 heterocycles. The average Bonchev–Trinajstić information content (AvgIpc) is 2.87. The molecule has 0 bridgehead atoms. The number of amides is 1. The zero-order valence-corrected chi connectivity index (χ0v) is 20.2. The maximum Gasteiger partial charge on any atom is 0.271 e. The van der Waals surface area contributed by atoms with Crippen LogP contribution in [0.5, 0.6) is 23.0 Å². The summed E-state index contributed by atoms with van der Waals surface area (Å²) >= 11 is 6.31. The molecule has 0 aliphatic carbocycles. The zero-order chi connectivity index (χ0) is 25.0. The lowest BCUT2D eigenvalue weighted by molar-refractivity contribution is 0.0954. The van der Waals surface area contributed by atoms with Gasteiger partial charge in [0, 0.05) is 5.56 Å². The van der Waals surface area contributed by atoms with Gasteiger partial charge in [0.1, 0.15) is 13.2 Å². The number of hydrazone groups is 1. The van der Waals surface area contributed by atoms with E-state index in [2.05, 4.69) is 16.4 Å². The number of rotatable bonds is 11. The number of benzene rings is 3. The van der Waals surface area contributed by atoms with Crippen molar-refractivity contribution in [3.05, 3.63) is 82.4 Å². The molecule has 0 aliphatic rings. The Balaban J connectivity index is 1.67. The van der Waals surface area contributed by atoms with Gasteiger partial charge in [0.25, 0.3) is 5.91 Å². The number of nitrogens with zero attached hydrogens (tertiary/aromatic N) is 1. The van der Waals surface area contributed by atoms with E-state index in [0.717, 1.165) is 5.56 Å². The molecule has 3 aromatic rings. The maximum absolute atomic E-state index is 12.6. The van der Waals surface area contributed by atoms with Crippen molar-refractivity contribution in [2.45, 2.75) is 13.5 Å². The summed E-state index contributed by atoms with van der Waals surface area (Å²) in [6.45, 7) is 2.69. The molecule has 0 aliphatic heterocycles. The first-order valence-electron chi connectivity index (χ1n) is 10.8. The molecule has 0 fully saturated rings. The predicted octanol–water partition coefficient (Wildman–Crippen LogP) is 5.10. The molecule has 0 aromatic heterocycles. The molecular weight excluding hydrogens is 468 g/mol. The summed E-state index contributed by atoms with van der Waals surface area (Å²) in [7, 11) is 1.52. The number of terminal acetylenes is 1. The highest BCUT2D eigenvalue weighted by Crippen LogP contribution is 2.36. The molecule has 1 amide bonds. The van der Waals surface area contributed by atoms with Gasteiger partial charge in [-0.15, -0.1) is 6.42 Å². The van der Waals surface area contributed by atoms with Crippen LogP contribution in [-0.2, 0) is 6.61 Å². The molecule has 0 saturated carbocycles. The third-order valence-corrected chi connectivity index (χ3v) is 4.95. The number of halogens is 1. The fourth-order valence-electron chi connectivity index (χ4n) is 3.07. The summed E-state index contributed by atoms with van der Waals surface area (Å²) in [6.07, 6.45) is 6.70. The first-order valence-corrected chi connectivity index (χ1v) is 11.1. The van der Waals surface area contributed by atoms with E-state index >= 15 is 0 Å². The summed E-state index contributed by atoms with van der Waals surface area (Å²) in [5, 5.41) is 4.34. The number of carbonyl (C=O) groups is 1. The minimum absolute atomic E-state index is 0.0584. The molecular formula is C27H25ClN2O5. The van der Waals surface area contributed by atoms with E-state index < -0.39 is 5.91 Å². The summed E-state index contributed by atoms with van der Waals surface area (Å²) < 4.78 is 22.3. The van der Waals surface area contributed by atoms with Crippen LogP contribution in [0.15, 0.2) is 65.8 Å². The van der Waals surface area contributed by atoms with Gasteiger partial charge in [0.2, 0.25) is 0 Å². The second-order valence-electron chi connectivity index (χ2n) is 7.09. The van der Waals surface area contributed by atoms with Crippen LogP contribution in [-0.4, -0.2) is 32.4 Å². The van der Waals surface area contributed by atoms with Crippen molar-refractivity contribution in [1.29, 1.82) is 0 Å². The lowest BCUT2D eigenvalue weighted by Gasteiger charge is -2.13. The summed E-state index contributed by atoms with van der Waals surface area (Å²) in [5.41, 5.74) is 4.47. The van der Waals surface area contributed by atoms with Crippen molar-refractivity contribution < 1.29 is 23.7 Å². The van der Waals surface area contributed by atoms with Crippen LogP contribution >= 0.6 is 11.6 Å². The number of hydrogen-bond acceptors (Lipinski definition) is 6. The first kappa shape index (κ1) is 25.5. The van der Waals surface area contributed by atoms with Gasteiger partial charge in [-0.25, -0.2) is 5.43 Å². The number of ether oxygens (including phenoxy) is 4. The summed E-state index contributed by atoms with van der Waals surface area (Å²) in [5.74, 6) is 3.72. The number of methoxy groups -OCH3 is 1. The molecule has 8 heteroatoms. The van der Waals surface area contributed by atoms with Crippen LogP contribution in [0.3, 0.4) is 0 Å². The lowest BCUT2D eigenvalue weighted by Crippen LogP contribution is -2.17. The fraction of sp³-hybridized carbons (Fsp3) is 0.185. The molecule has 0 radical (unpaired) electrons. The number of nitrogens with one attached hydrogen (secondary N) is 1. The van der Waals surface area contributed by atoms with Gasteiger partial charge in [-0.3, -0.25) is 4.79 Å². The zero-order valence-electron chi connectivity index (χ0n) is 19.4. The maximum atomic E-state index is 12.6. The van der Waals surface area contributed by atoms with Crippen molar-refractivity contribution in [2.24, 2.45) is 5.10 Å². The molecule has 0 saturated heterocycles. The van der Waals surface area contributed by atoms with Crippen molar-refractivity contribution in [3.8, 4) is 35.3 Å². The smallest absolute Gasteiger partial charge is 0.271 e. The minimum Gasteiger partial charge on any atom is -0.493 e. The molecule has 3 aromatic carbocycles. The quantitative estimate of drug-likeness (QED) is 0.229. The molecule has 3 rings (SSSR count). The monoisotopic (exact) mass is 492 g/mol. The van der Waals surface area contributed by atoms with Gasteiger partial charge in [0.15, 0.2) is 23.0 Å². The summed E-state index contributed by atoms with van der Waals surface area (Å²) in [4.78, 5) is 12.6. The largest absolute Gasteiger partial charge is 0.493 e. The van der Waals surface area contributed by atoms with Gasteiger partial charge in [-0.2, -0.15) is 5.10 Å². The van der Waals surface area contributed by atoms with Crippen molar-refractivity contribution in [2.75, 3.05) is 20.3 Å². The van der Waals surface area contributed by atoms with Gasteiger partial charge in [-0.1, -0.05) is 47.9 Å². The first-order chi connectivity index (χ1) is 17.0.